The zero-order valence-corrected chi connectivity index (χ0v) is 12.2. The van der Waals surface area contributed by atoms with E-state index in [4.69, 9.17) is 0 Å². The lowest BCUT2D eigenvalue weighted by molar-refractivity contribution is -0.140. The topological polar surface area (TPSA) is 81.9 Å². The molecule has 0 saturated heterocycles. The van der Waals surface area contributed by atoms with E-state index >= 15 is 0 Å². The monoisotopic (exact) mass is 289 g/mol. The summed E-state index contributed by atoms with van der Waals surface area (Å²) in [6.45, 7) is 2.84. The van der Waals surface area contributed by atoms with E-state index in [-0.39, 0.29) is 12.0 Å². The molecule has 1 aromatic heterocycles. The first-order chi connectivity index (χ1) is 10.2. The lowest BCUT2D eigenvalue weighted by Gasteiger charge is -2.15. The van der Waals surface area contributed by atoms with E-state index in [9.17, 15) is 4.79 Å². The standard InChI is InChI=1S/C14H19N5O2/c1-11(15-8-4-7-14(20)21-2)12-5-3-6-13(9-12)19-10-16-17-18-19/h3,5-6,9-11,15H,4,7-8H2,1-2H3. The molecule has 0 amide bonds. The number of carbonyl (C=O) groups excluding carboxylic acids is 1. The summed E-state index contributed by atoms with van der Waals surface area (Å²) in [5.74, 6) is -0.176. The van der Waals surface area contributed by atoms with Gasteiger partial charge < -0.3 is 10.1 Å². The van der Waals surface area contributed by atoms with E-state index in [0.29, 0.717) is 6.42 Å². The molecular weight excluding hydrogens is 270 g/mol. The molecule has 0 aliphatic heterocycles. The number of hydrogen-bond donors (Lipinski definition) is 1. The summed E-state index contributed by atoms with van der Waals surface area (Å²) >= 11 is 0. The molecule has 0 radical (unpaired) electrons. The van der Waals surface area contributed by atoms with Crippen molar-refractivity contribution in [1.29, 1.82) is 0 Å². The third-order valence-corrected chi connectivity index (χ3v) is 3.22. The fourth-order valence-electron chi connectivity index (χ4n) is 1.99. The van der Waals surface area contributed by atoms with Gasteiger partial charge in [-0.15, -0.1) is 5.10 Å². The molecule has 1 N–H and O–H groups in total. The molecule has 0 fully saturated rings. The Balaban J connectivity index is 1.89. The second-order valence-electron chi connectivity index (χ2n) is 4.70. The predicted octanol–water partition coefficient (Wildman–Crippen LogP) is 1.27. The molecule has 1 heterocycles. The molecule has 0 saturated carbocycles. The van der Waals surface area contributed by atoms with Crippen LogP contribution in [0.5, 0.6) is 0 Å². The van der Waals surface area contributed by atoms with Crippen LogP contribution in [0, 0.1) is 0 Å². The van der Waals surface area contributed by atoms with Gasteiger partial charge in [-0.1, -0.05) is 12.1 Å². The highest BCUT2D eigenvalue weighted by atomic mass is 16.5. The van der Waals surface area contributed by atoms with Crippen molar-refractivity contribution in [2.24, 2.45) is 0 Å². The number of aromatic nitrogens is 4. The maximum absolute atomic E-state index is 11.0. The van der Waals surface area contributed by atoms with Crippen LogP contribution in [0.2, 0.25) is 0 Å². The predicted molar refractivity (Wildman–Crippen MR) is 76.8 cm³/mol. The van der Waals surface area contributed by atoms with Gasteiger partial charge >= 0.3 is 5.97 Å². The number of methoxy groups -OCH3 is 1. The Bertz CT molecular complexity index is 571. The van der Waals surface area contributed by atoms with Crippen LogP contribution in [0.3, 0.4) is 0 Å². The Morgan fingerprint density at radius 2 is 2.33 bits per heavy atom. The Kier molecular flexibility index (Phi) is 5.39. The van der Waals surface area contributed by atoms with Crippen molar-refractivity contribution in [1.82, 2.24) is 25.5 Å². The van der Waals surface area contributed by atoms with Crippen LogP contribution < -0.4 is 5.32 Å². The van der Waals surface area contributed by atoms with Crippen LogP contribution in [0.25, 0.3) is 5.69 Å². The first kappa shape index (κ1) is 15.1. The summed E-state index contributed by atoms with van der Waals surface area (Å²) in [5, 5.41) is 14.5. The number of ether oxygens (including phenoxy) is 1. The smallest absolute Gasteiger partial charge is 0.305 e. The largest absolute Gasteiger partial charge is 0.469 e. The van der Waals surface area contributed by atoms with Crippen molar-refractivity contribution in [3.05, 3.63) is 36.2 Å². The highest BCUT2D eigenvalue weighted by molar-refractivity contribution is 5.69. The third-order valence-electron chi connectivity index (χ3n) is 3.22. The summed E-state index contributed by atoms with van der Waals surface area (Å²) in [6.07, 6.45) is 2.75. The summed E-state index contributed by atoms with van der Waals surface area (Å²) in [5.41, 5.74) is 2.06. The summed E-state index contributed by atoms with van der Waals surface area (Å²) in [4.78, 5) is 11.0. The van der Waals surface area contributed by atoms with Crippen LogP contribution in [-0.2, 0) is 9.53 Å². The molecule has 7 heteroatoms. The molecule has 7 nitrogen and oxygen atoms in total. The van der Waals surface area contributed by atoms with Gasteiger partial charge in [0.2, 0.25) is 0 Å². The minimum atomic E-state index is -0.176. The molecule has 112 valence electrons. The molecule has 2 aromatic rings. The van der Waals surface area contributed by atoms with Crippen molar-refractivity contribution in [2.75, 3.05) is 13.7 Å². The van der Waals surface area contributed by atoms with Gasteiger partial charge in [-0.3, -0.25) is 4.79 Å². The molecule has 0 aliphatic rings. The number of carbonyl (C=O) groups is 1. The zero-order valence-electron chi connectivity index (χ0n) is 12.2. The average molecular weight is 289 g/mol. The Labute approximate surface area is 123 Å². The van der Waals surface area contributed by atoms with E-state index in [1.54, 1.807) is 11.0 Å². The van der Waals surface area contributed by atoms with Gasteiger partial charge in [-0.2, -0.15) is 0 Å². The van der Waals surface area contributed by atoms with E-state index in [2.05, 4.69) is 32.5 Å². The van der Waals surface area contributed by atoms with Gasteiger partial charge in [0.15, 0.2) is 0 Å². The van der Waals surface area contributed by atoms with Gasteiger partial charge in [0.25, 0.3) is 0 Å². The number of nitrogens with one attached hydrogen (secondary N) is 1. The maximum atomic E-state index is 11.0. The maximum Gasteiger partial charge on any atom is 0.305 e. The lowest BCUT2D eigenvalue weighted by atomic mass is 10.1. The molecule has 0 bridgehead atoms. The van der Waals surface area contributed by atoms with Crippen molar-refractivity contribution >= 4 is 5.97 Å². The highest BCUT2D eigenvalue weighted by Gasteiger charge is 2.07. The van der Waals surface area contributed by atoms with Crippen molar-refractivity contribution in [2.45, 2.75) is 25.8 Å². The lowest BCUT2D eigenvalue weighted by Crippen LogP contribution is -2.20. The van der Waals surface area contributed by atoms with E-state index in [0.717, 1.165) is 24.2 Å². The van der Waals surface area contributed by atoms with E-state index in [1.807, 2.05) is 24.3 Å². The Morgan fingerprint density at radius 1 is 1.48 bits per heavy atom. The van der Waals surface area contributed by atoms with E-state index in [1.165, 1.54) is 7.11 Å². The van der Waals surface area contributed by atoms with Crippen LogP contribution in [0.15, 0.2) is 30.6 Å². The van der Waals surface area contributed by atoms with Gasteiger partial charge in [0, 0.05) is 12.5 Å². The molecule has 21 heavy (non-hydrogen) atoms. The highest BCUT2D eigenvalue weighted by Crippen LogP contribution is 2.16. The fourth-order valence-corrected chi connectivity index (χ4v) is 1.99. The number of rotatable bonds is 7. The molecule has 1 unspecified atom stereocenters. The number of esters is 1. The molecule has 1 atom stereocenters. The summed E-state index contributed by atoms with van der Waals surface area (Å²) < 4.78 is 6.23. The average Bonchev–Trinajstić information content (AvgIpc) is 3.05. The Morgan fingerprint density at radius 3 is 3.05 bits per heavy atom. The fraction of sp³-hybridized carbons (Fsp3) is 0.429. The molecular formula is C14H19N5O2. The normalized spacial score (nSPS) is 12.1. The van der Waals surface area contributed by atoms with Gasteiger partial charge in [0.05, 0.1) is 12.8 Å². The van der Waals surface area contributed by atoms with Crippen LogP contribution >= 0.6 is 0 Å². The zero-order chi connectivity index (χ0) is 15.1. The van der Waals surface area contributed by atoms with E-state index < -0.39 is 0 Å². The summed E-state index contributed by atoms with van der Waals surface area (Å²) in [6, 6.07) is 8.18. The number of nitrogens with zero attached hydrogens (tertiary/aromatic N) is 4. The number of tetrazole rings is 1. The van der Waals surface area contributed by atoms with Crippen LogP contribution in [-0.4, -0.2) is 39.8 Å². The summed E-state index contributed by atoms with van der Waals surface area (Å²) in [7, 11) is 1.41. The second kappa shape index (κ2) is 7.49. The SMILES string of the molecule is COC(=O)CCCNC(C)c1cccc(-n2cnnn2)c1. The number of benzene rings is 1. The van der Waals surface area contributed by atoms with Gasteiger partial charge in [-0.05, 0) is 48.0 Å². The first-order valence-electron chi connectivity index (χ1n) is 6.84. The molecule has 1 aromatic carbocycles. The minimum absolute atomic E-state index is 0.176. The van der Waals surface area contributed by atoms with Crippen molar-refractivity contribution in [3.8, 4) is 5.69 Å². The Hall–Kier alpha value is -2.28. The van der Waals surface area contributed by atoms with Crippen LogP contribution in [0.1, 0.15) is 31.4 Å². The molecule has 2 rings (SSSR count). The van der Waals surface area contributed by atoms with Crippen molar-refractivity contribution < 1.29 is 9.53 Å². The second-order valence-corrected chi connectivity index (χ2v) is 4.70. The van der Waals surface area contributed by atoms with Crippen molar-refractivity contribution in [3.63, 3.8) is 0 Å². The minimum Gasteiger partial charge on any atom is -0.469 e. The first-order valence-corrected chi connectivity index (χ1v) is 6.84. The molecule has 0 aliphatic carbocycles. The quantitative estimate of drug-likeness (QED) is 0.610. The van der Waals surface area contributed by atoms with Gasteiger partial charge in [-0.25, -0.2) is 4.68 Å². The van der Waals surface area contributed by atoms with Crippen LogP contribution in [0.4, 0.5) is 0 Å². The molecule has 0 spiro atoms. The van der Waals surface area contributed by atoms with Gasteiger partial charge in [0.1, 0.15) is 6.33 Å². The third kappa shape index (κ3) is 4.35. The number of hydrogen-bond acceptors (Lipinski definition) is 6.